The molecule has 3 aromatic rings. The van der Waals surface area contributed by atoms with Gasteiger partial charge in [-0.05, 0) is 69.0 Å². The van der Waals surface area contributed by atoms with Crippen LogP contribution in [-0.2, 0) is 14.6 Å². The van der Waals surface area contributed by atoms with Gasteiger partial charge in [-0.3, -0.25) is 9.69 Å². The number of aromatic nitrogens is 3. The maximum Gasteiger partial charge on any atom is 0.239 e. The molecule has 0 aliphatic carbocycles. The number of benzene rings is 1. The average Bonchev–Trinajstić information content (AvgIpc) is 3.50. The number of carbonyl (C=O) groups excluding carboxylic acids is 1. The molecule has 0 saturated carbocycles. The highest BCUT2D eigenvalue weighted by atomic mass is 32.2. The zero-order valence-electron chi connectivity index (χ0n) is 19.6. The molecule has 2 saturated heterocycles. The Hall–Kier alpha value is -2.85. The van der Waals surface area contributed by atoms with E-state index in [2.05, 4.69) is 32.6 Å². The minimum Gasteiger partial charge on any atom is -0.497 e. The second kappa shape index (κ2) is 9.07. The Morgan fingerprint density at radius 1 is 1.24 bits per heavy atom. The molecule has 2 fully saturated rings. The van der Waals surface area contributed by atoms with Gasteiger partial charge in [-0.2, -0.15) is 5.10 Å². The van der Waals surface area contributed by atoms with Crippen molar-refractivity contribution < 1.29 is 17.9 Å². The van der Waals surface area contributed by atoms with Gasteiger partial charge in [-0.1, -0.05) is 0 Å². The van der Waals surface area contributed by atoms with Gasteiger partial charge >= 0.3 is 0 Å². The number of piperidine rings is 1. The monoisotopic (exact) mass is 485 g/mol. The number of rotatable bonds is 6. The third-order valence-corrected chi connectivity index (χ3v) is 8.75. The summed E-state index contributed by atoms with van der Waals surface area (Å²) in [5.74, 6) is 2.01. The number of amides is 1. The van der Waals surface area contributed by atoms with Gasteiger partial charge in [-0.15, -0.1) is 0 Å². The number of hydrogen-bond acceptors (Lipinski definition) is 6. The molecule has 0 bridgehead atoms. The van der Waals surface area contributed by atoms with Crippen molar-refractivity contribution in [2.45, 2.75) is 38.1 Å². The Bertz CT molecular complexity index is 1300. The highest BCUT2D eigenvalue weighted by Gasteiger charge is 2.31. The number of nitrogens with one attached hydrogen (secondary N) is 2. The first-order valence-corrected chi connectivity index (χ1v) is 13.6. The quantitative estimate of drug-likeness (QED) is 0.556. The van der Waals surface area contributed by atoms with Crippen LogP contribution in [0.25, 0.3) is 10.9 Å². The number of fused-ring (bicyclic) bond motifs is 1. The lowest BCUT2D eigenvalue weighted by atomic mass is 9.89. The summed E-state index contributed by atoms with van der Waals surface area (Å²) in [6.07, 6.45) is 4.59. The standard InChI is InChI=1S/C24H31N5O4S/c1-16-11-23(29(27-16)18-7-10-34(31,32)15-18)26-24(30)14-28-8-5-17(6-9-28)21-13-25-22-4-3-19(33-2)12-20(21)22/h3-4,11-13,17-18,25H,5-10,14-15H2,1-2H3,(H,26,30). The highest BCUT2D eigenvalue weighted by Crippen LogP contribution is 2.34. The number of likely N-dealkylation sites (tertiary alicyclic amines) is 1. The molecule has 182 valence electrons. The third kappa shape index (κ3) is 4.69. The van der Waals surface area contributed by atoms with Crippen molar-refractivity contribution >= 4 is 32.5 Å². The molecule has 1 aromatic carbocycles. The fraction of sp³-hybridized carbons (Fsp3) is 0.500. The molecule has 1 unspecified atom stereocenters. The third-order valence-electron chi connectivity index (χ3n) is 7.00. The van der Waals surface area contributed by atoms with Gasteiger partial charge in [0, 0.05) is 23.2 Å². The Morgan fingerprint density at radius 3 is 2.74 bits per heavy atom. The Morgan fingerprint density at radius 2 is 2.03 bits per heavy atom. The maximum absolute atomic E-state index is 12.8. The van der Waals surface area contributed by atoms with Gasteiger partial charge in [0.05, 0.1) is 36.9 Å². The molecule has 2 aliphatic rings. The Labute approximate surface area is 199 Å². The van der Waals surface area contributed by atoms with Crippen LogP contribution >= 0.6 is 0 Å². The minimum atomic E-state index is -3.04. The zero-order chi connectivity index (χ0) is 23.9. The van der Waals surface area contributed by atoms with E-state index in [4.69, 9.17) is 4.74 Å². The summed E-state index contributed by atoms with van der Waals surface area (Å²) in [6.45, 7) is 3.84. The lowest BCUT2D eigenvalue weighted by molar-refractivity contribution is -0.117. The number of ether oxygens (including phenoxy) is 1. The predicted molar refractivity (Wildman–Crippen MR) is 131 cm³/mol. The lowest BCUT2D eigenvalue weighted by Crippen LogP contribution is -2.39. The number of nitrogens with zero attached hydrogens (tertiary/aromatic N) is 3. The molecule has 2 N–H and O–H groups in total. The van der Waals surface area contributed by atoms with E-state index < -0.39 is 9.84 Å². The van der Waals surface area contributed by atoms with Crippen LogP contribution in [0.5, 0.6) is 5.75 Å². The van der Waals surface area contributed by atoms with Crippen LogP contribution in [0.15, 0.2) is 30.5 Å². The number of sulfone groups is 1. The molecule has 34 heavy (non-hydrogen) atoms. The molecular weight excluding hydrogens is 454 g/mol. The van der Waals surface area contributed by atoms with E-state index in [1.165, 1.54) is 10.9 Å². The molecule has 0 radical (unpaired) electrons. The molecule has 2 aliphatic heterocycles. The van der Waals surface area contributed by atoms with Crippen LogP contribution in [0, 0.1) is 6.92 Å². The van der Waals surface area contributed by atoms with Crippen molar-refractivity contribution in [3.8, 4) is 5.75 Å². The number of hydrogen-bond donors (Lipinski definition) is 2. The van der Waals surface area contributed by atoms with Crippen LogP contribution in [0.1, 0.15) is 42.5 Å². The lowest BCUT2D eigenvalue weighted by Gasteiger charge is -2.31. The van der Waals surface area contributed by atoms with Gasteiger partial charge in [-0.25, -0.2) is 13.1 Å². The largest absolute Gasteiger partial charge is 0.497 e. The first-order valence-electron chi connectivity index (χ1n) is 11.7. The van der Waals surface area contributed by atoms with Crippen molar-refractivity contribution in [3.63, 3.8) is 0 Å². The number of anilines is 1. The fourth-order valence-electron chi connectivity index (χ4n) is 5.23. The summed E-state index contributed by atoms with van der Waals surface area (Å²) in [5.41, 5.74) is 3.18. The molecule has 2 aromatic heterocycles. The number of aryl methyl sites for hydroxylation is 1. The van der Waals surface area contributed by atoms with Crippen LogP contribution < -0.4 is 10.1 Å². The molecule has 10 heteroatoms. The van der Waals surface area contributed by atoms with Crippen LogP contribution in [-0.4, -0.2) is 72.2 Å². The van der Waals surface area contributed by atoms with Crippen molar-refractivity contribution in [2.24, 2.45) is 0 Å². The summed E-state index contributed by atoms with van der Waals surface area (Å²) in [4.78, 5) is 18.3. The number of H-pyrrole nitrogens is 1. The van der Waals surface area contributed by atoms with E-state index in [1.807, 2.05) is 19.1 Å². The maximum atomic E-state index is 12.8. The molecular formula is C24H31N5O4S. The van der Waals surface area contributed by atoms with Crippen molar-refractivity contribution in [1.29, 1.82) is 0 Å². The summed E-state index contributed by atoms with van der Waals surface area (Å²) in [6, 6.07) is 7.68. The van der Waals surface area contributed by atoms with E-state index >= 15 is 0 Å². The molecule has 1 atom stereocenters. The molecule has 4 heterocycles. The van der Waals surface area contributed by atoms with Gasteiger partial charge in [0.2, 0.25) is 5.91 Å². The second-order valence-electron chi connectivity index (χ2n) is 9.43. The normalized spacial score (nSPS) is 21.2. The van der Waals surface area contributed by atoms with Crippen molar-refractivity contribution in [2.75, 3.05) is 43.6 Å². The minimum absolute atomic E-state index is 0.0736. The van der Waals surface area contributed by atoms with Gasteiger partial charge in [0.25, 0.3) is 0 Å². The van der Waals surface area contributed by atoms with Crippen molar-refractivity contribution in [1.82, 2.24) is 19.7 Å². The first-order chi connectivity index (χ1) is 16.3. The van der Waals surface area contributed by atoms with E-state index in [0.29, 0.717) is 24.7 Å². The molecule has 5 rings (SSSR count). The van der Waals surface area contributed by atoms with Crippen LogP contribution in [0.2, 0.25) is 0 Å². The summed E-state index contributed by atoms with van der Waals surface area (Å²) >= 11 is 0. The predicted octanol–water partition coefficient (Wildman–Crippen LogP) is 2.86. The Kier molecular flexibility index (Phi) is 6.11. The topological polar surface area (TPSA) is 109 Å². The van der Waals surface area contributed by atoms with E-state index in [1.54, 1.807) is 17.9 Å². The smallest absolute Gasteiger partial charge is 0.239 e. The van der Waals surface area contributed by atoms with Gasteiger partial charge < -0.3 is 15.0 Å². The van der Waals surface area contributed by atoms with Crippen LogP contribution in [0.3, 0.4) is 0 Å². The summed E-state index contributed by atoms with van der Waals surface area (Å²) < 4.78 is 30.8. The second-order valence-corrected chi connectivity index (χ2v) is 11.7. The van der Waals surface area contributed by atoms with E-state index in [0.717, 1.165) is 42.9 Å². The highest BCUT2D eigenvalue weighted by molar-refractivity contribution is 7.91. The van der Waals surface area contributed by atoms with Gasteiger partial charge in [0.15, 0.2) is 9.84 Å². The molecule has 0 spiro atoms. The number of carbonyl (C=O) groups is 1. The van der Waals surface area contributed by atoms with E-state index in [9.17, 15) is 13.2 Å². The fourth-order valence-corrected chi connectivity index (χ4v) is 6.92. The molecule has 9 nitrogen and oxygen atoms in total. The zero-order valence-corrected chi connectivity index (χ0v) is 20.4. The summed E-state index contributed by atoms with van der Waals surface area (Å²) in [5, 5.41) is 8.61. The SMILES string of the molecule is COc1ccc2[nH]cc(C3CCN(CC(=O)Nc4cc(C)nn4C4CCS(=O)(=O)C4)CC3)c2c1. The summed E-state index contributed by atoms with van der Waals surface area (Å²) in [7, 11) is -1.35. The van der Waals surface area contributed by atoms with E-state index in [-0.39, 0.29) is 23.5 Å². The van der Waals surface area contributed by atoms with Crippen molar-refractivity contribution in [3.05, 3.63) is 41.7 Å². The Balaban J connectivity index is 1.19. The number of methoxy groups -OCH3 is 1. The van der Waals surface area contributed by atoms with Gasteiger partial charge in [0.1, 0.15) is 11.6 Å². The van der Waals surface area contributed by atoms with Crippen LogP contribution in [0.4, 0.5) is 5.82 Å². The molecule has 1 amide bonds. The first kappa shape index (κ1) is 22.9. The average molecular weight is 486 g/mol. The number of aromatic amines is 1.